The molecule has 1 N–H and O–H groups in total. The van der Waals surface area contributed by atoms with Gasteiger partial charge < -0.3 is 9.72 Å². The van der Waals surface area contributed by atoms with E-state index in [0.29, 0.717) is 17.7 Å². The first-order chi connectivity index (χ1) is 13.6. The largest absolute Gasteiger partial charge is 0.487 e. The number of hydrogen-bond acceptors (Lipinski definition) is 3. The van der Waals surface area contributed by atoms with Crippen molar-refractivity contribution < 1.29 is 4.74 Å². The first kappa shape index (κ1) is 19.0. The van der Waals surface area contributed by atoms with E-state index in [1.165, 1.54) is 32.1 Å². The van der Waals surface area contributed by atoms with Gasteiger partial charge in [-0.15, -0.1) is 0 Å². The normalized spacial score (nSPS) is 15.0. The van der Waals surface area contributed by atoms with Crippen LogP contribution in [0.1, 0.15) is 60.7 Å². The van der Waals surface area contributed by atoms with Gasteiger partial charge in [-0.25, -0.2) is 4.98 Å². The molecule has 1 fully saturated rings. The predicted octanol–water partition coefficient (Wildman–Crippen LogP) is 6.37. The monoisotopic (exact) mass is 395 g/mol. The topological polar surface area (TPSA) is 50.8 Å². The Morgan fingerprint density at radius 2 is 1.93 bits per heavy atom. The third-order valence-electron chi connectivity index (χ3n) is 5.47. The van der Waals surface area contributed by atoms with Crippen LogP contribution in [0.2, 0.25) is 5.15 Å². The van der Waals surface area contributed by atoms with E-state index in [-0.39, 0.29) is 0 Å². The second-order valence-corrected chi connectivity index (χ2v) is 8.09. The summed E-state index contributed by atoms with van der Waals surface area (Å²) < 4.78 is 5.96. The van der Waals surface area contributed by atoms with Gasteiger partial charge >= 0.3 is 0 Å². The molecule has 0 radical (unpaired) electrons. The van der Waals surface area contributed by atoms with Gasteiger partial charge in [0.15, 0.2) is 0 Å². The highest BCUT2D eigenvalue weighted by Gasteiger charge is 2.21. The van der Waals surface area contributed by atoms with E-state index in [9.17, 15) is 0 Å². The van der Waals surface area contributed by atoms with Crippen LogP contribution in [0, 0.1) is 13.8 Å². The summed E-state index contributed by atoms with van der Waals surface area (Å²) in [5.74, 6) is 2.39. The second kappa shape index (κ2) is 8.36. The van der Waals surface area contributed by atoms with Gasteiger partial charge in [-0.3, -0.25) is 4.98 Å². The summed E-state index contributed by atoms with van der Waals surface area (Å²) in [5, 5.41) is 0.623. The fourth-order valence-corrected chi connectivity index (χ4v) is 4.07. The van der Waals surface area contributed by atoms with E-state index in [4.69, 9.17) is 21.3 Å². The first-order valence-electron chi connectivity index (χ1n) is 10.0. The van der Waals surface area contributed by atoms with Crippen molar-refractivity contribution in [2.24, 2.45) is 0 Å². The minimum atomic E-state index is 0.454. The minimum absolute atomic E-state index is 0.454. The van der Waals surface area contributed by atoms with E-state index >= 15 is 0 Å². The Hall–Kier alpha value is -2.33. The molecule has 146 valence electrons. The Morgan fingerprint density at radius 3 is 2.64 bits per heavy atom. The Kier molecular flexibility index (Phi) is 5.67. The van der Waals surface area contributed by atoms with Gasteiger partial charge in [0.2, 0.25) is 0 Å². The zero-order valence-electron chi connectivity index (χ0n) is 16.5. The van der Waals surface area contributed by atoms with Gasteiger partial charge in [-0.05, 0) is 62.1 Å². The minimum Gasteiger partial charge on any atom is -0.487 e. The quantitative estimate of drug-likeness (QED) is 0.546. The Labute approximate surface area is 171 Å². The maximum Gasteiger partial charge on any atom is 0.134 e. The maximum atomic E-state index is 6.49. The Balaban J connectivity index is 1.49. The lowest BCUT2D eigenvalue weighted by atomic mass is 9.89. The van der Waals surface area contributed by atoms with Crippen LogP contribution in [0.4, 0.5) is 0 Å². The molecule has 1 aromatic carbocycles. The molecule has 0 unspecified atom stereocenters. The fraction of sp³-hybridized carbons (Fsp3) is 0.391. The molecule has 28 heavy (non-hydrogen) atoms. The number of ether oxygens (including phenoxy) is 1. The summed E-state index contributed by atoms with van der Waals surface area (Å²) >= 11 is 6.49. The number of hydrogen-bond donors (Lipinski definition) is 1. The molecule has 1 saturated carbocycles. The third kappa shape index (κ3) is 4.22. The van der Waals surface area contributed by atoms with Crippen molar-refractivity contribution in [1.82, 2.24) is 15.0 Å². The molecule has 4 rings (SSSR count). The first-order valence-corrected chi connectivity index (χ1v) is 10.4. The van der Waals surface area contributed by atoms with Gasteiger partial charge in [0.1, 0.15) is 29.0 Å². The molecule has 0 aliphatic heterocycles. The standard InChI is InChI=1S/C23H26ClN3O/c1-15-8-10-19(25-13-15)14-28-20-11-9-18(12-16(20)2)21-22(24)27-23(26-21)17-6-4-3-5-7-17/h8-13,17H,3-7,14H2,1-2H3,(H,26,27). The van der Waals surface area contributed by atoms with Crippen molar-refractivity contribution in [3.8, 4) is 17.0 Å². The number of benzene rings is 1. The number of pyridine rings is 1. The van der Waals surface area contributed by atoms with Crippen molar-refractivity contribution in [3.63, 3.8) is 0 Å². The predicted molar refractivity (Wildman–Crippen MR) is 113 cm³/mol. The van der Waals surface area contributed by atoms with Gasteiger partial charge in [-0.1, -0.05) is 36.9 Å². The molecule has 3 aromatic rings. The maximum absolute atomic E-state index is 6.49. The average Bonchev–Trinajstić information content (AvgIpc) is 3.11. The molecule has 0 saturated heterocycles. The molecule has 5 heteroatoms. The van der Waals surface area contributed by atoms with Crippen LogP contribution in [0.3, 0.4) is 0 Å². The molecule has 1 aliphatic rings. The molecule has 0 bridgehead atoms. The van der Waals surface area contributed by atoms with Crippen LogP contribution in [0.15, 0.2) is 36.5 Å². The molecule has 4 nitrogen and oxygen atoms in total. The number of aromatic amines is 1. The van der Waals surface area contributed by atoms with Crippen molar-refractivity contribution in [3.05, 3.63) is 64.3 Å². The number of H-pyrrole nitrogens is 1. The number of nitrogens with one attached hydrogen (secondary N) is 1. The molecule has 0 atom stereocenters. The summed E-state index contributed by atoms with van der Waals surface area (Å²) in [6.45, 7) is 4.53. The summed E-state index contributed by atoms with van der Waals surface area (Å²) in [6.07, 6.45) is 8.14. The molecular weight excluding hydrogens is 370 g/mol. The van der Waals surface area contributed by atoms with E-state index in [1.807, 2.05) is 44.3 Å². The van der Waals surface area contributed by atoms with Crippen LogP contribution in [0.25, 0.3) is 11.3 Å². The smallest absolute Gasteiger partial charge is 0.134 e. The molecule has 1 aliphatic carbocycles. The number of nitrogens with zero attached hydrogens (tertiary/aromatic N) is 2. The van der Waals surface area contributed by atoms with Crippen LogP contribution < -0.4 is 4.74 Å². The van der Waals surface area contributed by atoms with Gasteiger partial charge in [-0.2, -0.15) is 0 Å². The highest BCUT2D eigenvalue weighted by molar-refractivity contribution is 6.31. The van der Waals surface area contributed by atoms with Crippen molar-refractivity contribution >= 4 is 11.6 Å². The zero-order valence-corrected chi connectivity index (χ0v) is 17.2. The van der Waals surface area contributed by atoms with Crippen molar-refractivity contribution in [2.75, 3.05) is 0 Å². The highest BCUT2D eigenvalue weighted by atomic mass is 35.5. The number of rotatable bonds is 5. The van der Waals surface area contributed by atoms with Crippen LogP contribution in [0.5, 0.6) is 5.75 Å². The number of halogens is 1. The van der Waals surface area contributed by atoms with E-state index < -0.39 is 0 Å². The van der Waals surface area contributed by atoms with Crippen LogP contribution in [-0.4, -0.2) is 15.0 Å². The SMILES string of the molecule is Cc1ccc(COc2ccc(-c3nc(C4CCCCC4)[nH]c3Cl)cc2C)nc1. The summed E-state index contributed by atoms with van der Waals surface area (Å²) in [7, 11) is 0. The van der Waals surface area contributed by atoms with Gasteiger partial charge in [0, 0.05) is 17.7 Å². The van der Waals surface area contributed by atoms with E-state index in [1.54, 1.807) is 0 Å². The number of aromatic nitrogens is 3. The summed E-state index contributed by atoms with van der Waals surface area (Å²) in [4.78, 5) is 12.5. The Bertz CT molecular complexity index is 943. The molecule has 0 amide bonds. The number of imidazole rings is 1. The second-order valence-electron chi connectivity index (χ2n) is 7.72. The van der Waals surface area contributed by atoms with Crippen LogP contribution >= 0.6 is 11.6 Å². The lowest BCUT2D eigenvalue weighted by Gasteiger charge is -2.19. The van der Waals surface area contributed by atoms with E-state index in [2.05, 4.69) is 16.0 Å². The fourth-order valence-electron chi connectivity index (χ4n) is 3.82. The molecule has 2 aromatic heterocycles. The summed E-state index contributed by atoms with van der Waals surface area (Å²) in [6, 6.07) is 10.1. The third-order valence-corrected chi connectivity index (χ3v) is 5.74. The molecule has 2 heterocycles. The zero-order chi connectivity index (χ0) is 19.5. The molecule has 0 spiro atoms. The lowest BCUT2D eigenvalue weighted by molar-refractivity contribution is 0.299. The van der Waals surface area contributed by atoms with Crippen molar-refractivity contribution in [1.29, 1.82) is 0 Å². The number of aryl methyl sites for hydroxylation is 2. The van der Waals surface area contributed by atoms with Gasteiger partial charge in [0.25, 0.3) is 0 Å². The summed E-state index contributed by atoms with van der Waals surface area (Å²) in [5.41, 5.74) is 4.97. The lowest BCUT2D eigenvalue weighted by Crippen LogP contribution is -2.06. The Morgan fingerprint density at radius 1 is 1.11 bits per heavy atom. The van der Waals surface area contributed by atoms with E-state index in [0.717, 1.165) is 39.7 Å². The average molecular weight is 396 g/mol. The van der Waals surface area contributed by atoms with Crippen LogP contribution in [-0.2, 0) is 6.61 Å². The highest BCUT2D eigenvalue weighted by Crippen LogP contribution is 2.35. The van der Waals surface area contributed by atoms with Crippen molar-refractivity contribution in [2.45, 2.75) is 58.5 Å². The molecular formula is C23H26ClN3O. The van der Waals surface area contributed by atoms with Gasteiger partial charge in [0.05, 0.1) is 5.69 Å².